The third kappa shape index (κ3) is 6.19. The van der Waals surface area contributed by atoms with Crippen LogP contribution in [0.4, 0.5) is 0 Å². The van der Waals surface area contributed by atoms with Crippen molar-refractivity contribution < 1.29 is 19.1 Å². The van der Waals surface area contributed by atoms with Gasteiger partial charge in [0.05, 0.1) is 0 Å². The molecule has 0 saturated carbocycles. The molecule has 0 aromatic rings. The highest BCUT2D eigenvalue weighted by Crippen LogP contribution is 2.38. The molecule has 62 valence electrons. The second-order valence-electron chi connectivity index (χ2n) is 1.94. The Morgan fingerprint density at radius 3 is 2.60 bits per heavy atom. The molecule has 6 heteroatoms. The predicted octanol–water partition coefficient (Wildman–Crippen LogP) is -0.515. The number of nitrogens with two attached hydrogens (primary N) is 1. The van der Waals surface area contributed by atoms with Crippen LogP contribution < -0.4 is 5.73 Å². The first-order valence-electron chi connectivity index (χ1n) is 2.82. The van der Waals surface area contributed by atoms with Crippen molar-refractivity contribution in [3.05, 3.63) is 0 Å². The Morgan fingerprint density at radius 1 is 1.80 bits per heavy atom. The summed E-state index contributed by atoms with van der Waals surface area (Å²) in [6, 6.07) is 0. The molecule has 5 nitrogen and oxygen atoms in total. The van der Waals surface area contributed by atoms with Gasteiger partial charge in [0.1, 0.15) is 0 Å². The Labute approximate surface area is 59.3 Å². The van der Waals surface area contributed by atoms with E-state index in [4.69, 9.17) is 15.7 Å². The second kappa shape index (κ2) is 4.05. The topological polar surface area (TPSA) is 92.8 Å². The van der Waals surface area contributed by atoms with E-state index in [0.717, 1.165) is 6.66 Å². The zero-order valence-corrected chi connectivity index (χ0v) is 6.62. The summed E-state index contributed by atoms with van der Waals surface area (Å²) in [7, 11) is -3.56. The fourth-order valence-corrected chi connectivity index (χ4v) is 0.978. The average molecular weight is 169 g/mol. The summed E-state index contributed by atoms with van der Waals surface area (Å²) in [6.45, 7) is 1.23. The normalized spacial score (nSPS) is 20.0. The largest absolute Gasteiger partial charge is 0.367 e. The Bertz CT molecular complexity index is 133. The van der Waals surface area contributed by atoms with E-state index < -0.39 is 13.9 Å². The van der Waals surface area contributed by atoms with Gasteiger partial charge in [-0.2, -0.15) is 0 Å². The number of rotatable bonds is 4. The molecule has 0 amide bonds. The van der Waals surface area contributed by atoms with Crippen molar-refractivity contribution in [3.8, 4) is 0 Å². The summed E-state index contributed by atoms with van der Waals surface area (Å²) < 4.78 is 14.7. The SMILES string of the molecule is CP(=O)(O)OC(O)CCN. The molecule has 0 heterocycles. The number of hydrogen-bond acceptors (Lipinski definition) is 4. The predicted molar refractivity (Wildman–Crippen MR) is 36.5 cm³/mol. The van der Waals surface area contributed by atoms with E-state index >= 15 is 0 Å². The third-order valence-corrected chi connectivity index (χ3v) is 1.37. The minimum atomic E-state index is -3.56. The van der Waals surface area contributed by atoms with Crippen molar-refractivity contribution in [3.63, 3.8) is 0 Å². The highest BCUT2D eigenvalue weighted by atomic mass is 31.2. The lowest BCUT2D eigenvalue weighted by Crippen LogP contribution is -2.15. The van der Waals surface area contributed by atoms with E-state index in [1.54, 1.807) is 0 Å². The Kier molecular flexibility index (Phi) is 4.08. The zero-order chi connectivity index (χ0) is 8.20. The minimum absolute atomic E-state index is 0.165. The summed E-state index contributed by atoms with van der Waals surface area (Å²) in [5.74, 6) is 0. The molecular weight excluding hydrogens is 157 g/mol. The quantitative estimate of drug-likeness (QED) is 0.389. The molecule has 0 aromatic heterocycles. The van der Waals surface area contributed by atoms with E-state index in [0.29, 0.717) is 0 Å². The summed E-state index contributed by atoms with van der Waals surface area (Å²) in [5.41, 5.74) is 5.04. The zero-order valence-electron chi connectivity index (χ0n) is 5.73. The molecule has 0 saturated heterocycles. The van der Waals surface area contributed by atoms with Gasteiger partial charge in [-0.3, -0.25) is 9.09 Å². The van der Waals surface area contributed by atoms with E-state index in [-0.39, 0.29) is 13.0 Å². The molecule has 0 rings (SSSR count). The van der Waals surface area contributed by atoms with Gasteiger partial charge in [-0.1, -0.05) is 0 Å². The van der Waals surface area contributed by atoms with Crippen LogP contribution >= 0.6 is 7.60 Å². The van der Waals surface area contributed by atoms with Gasteiger partial charge >= 0.3 is 7.60 Å². The monoisotopic (exact) mass is 169 g/mol. The maximum absolute atomic E-state index is 10.4. The van der Waals surface area contributed by atoms with E-state index in [1.165, 1.54) is 0 Å². The first-order chi connectivity index (χ1) is 4.45. The molecule has 2 unspecified atom stereocenters. The Hall–Kier alpha value is 0.0700. The van der Waals surface area contributed by atoms with Crippen molar-refractivity contribution in [2.45, 2.75) is 12.7 Å². The van der Waals surface area contributed by atoms with Crippen LogP contribution in [-0.2, 0) is 9.09 Å². The highest BCUT2D eigenvalue weighted by molar-refractivity contribution is 7.51. The van der Waals surface area contributed by atoms with Crippen LogP contribution in [0.3, 0.4) is 0 Å². The lowest BCUT2D eigenvalue weighted by molar-refractivity contribution is -0.0265. The molecule has 0 aliphatic carbocycles. The average Bonchev–Trinajstić information content (AvgIpc) is 1.59. The number of aliphatic hydroxyl groups excluding tert-OH is 1. The van der Waals surface area contributed by atoms with Crippen molar-refractivity contribution in [1.29, 1.82) is 0 Å². The summed E-state index contributed by atoms with van der Waals surface area (Å²) in [5, 5.41) is 8.75. The van der Waals surface area contributed by atoms with Gasteiger partial charge in [0.15, 0.2) is 6.29 Å². The van der Waals surface area contributed by atoms with Crippen LogP contribution in [0.25, 0.3) is 0 Å². The molecule has 10 heavy (non-hydrogen) atoms. The standard InChI is InChI=1S/C4H12NO4P/c1-10(7,8)9-4(6)2-3-5/h4,6H,2-3,5H2,1H3,(H,7,8). The molecule has 0 fully saturated rings. The lowest BCUT2D eigenvalue weighted by atomic mass is 10.4. The van der Waals surface area contributed by atoms with Crippen LogP contribution in [-0.4, -0.2) is 29.5 Å². The van der Waals surface area contributed by atoms with Crippen molar-refractivity contribution >= 4 is 7.60 Å². The fraction of sp³-hybridized carbons (Fsp3) is 1.00. The van der Waals surface area contributed by atoms with Gasteiger partial charge in [0.25, 0.3) is 0 Å². The van der Waals surface area contributed by atoms with Crippen molar-refractivity contribution in [2.24, 2.45) is 5.73 Å². The lowest BCUT2D eigenvalue weighted by Gasteiger charge is -2.11. The molecule has 0 aliphatic rings. The Balaban J connectivity index is 3.58. The Morgan fingerprint density at radius 2 is 2.30 bits per heavy atom. The molecule has 4 N–H and O–H groups in total. The smallest absolute Gasteiger partial charge is 0.327 e. The molecule has 0 aromatic carbocycles. The van der Waals surface area contributed by atoms with Gasteiger partial charge in [-0.15, -0.1) is 0 Å². The van der Waals surface area contributed by atoms with Crippen LogP contribution in [0.5, 0.6) is 0 Å². The van der Waals surface area contributed by atoms with Crippen LogP contribution in [0.1, 0.15) is 6.42 Å². The maximum atomic E-state index is 10.4. The van der Waals surface area contributed by atoms with E-state index in [9.17, 15) is 4.57 Å². The second-order valence-corrected chi connectivity index (χ2v) is 3.76. The third-order valence-electron chi connectivity index (χ3n) is 0.731. The highest BCUT2D eigenvalue weighted by Gasteiger charge is 2.15. The van der Waals surface area contributed by atoms with Crippen LogP contribution in [0, 0.1) is 0 Å². The van der Waals surface area contributed by atoms with Crippen LogP contribution in [0.15, 0.2) is 0 Å². The number of hydrogen-bond donors (Lipinski definition) is 3. The van der Waals surface area contributed by atoms with Gasteiger partial charge in [-0.05, 0) is 6.54 Å². The van der Waals surface area contributed by atoms with Gasteiger partial charge < -0.3 is 15.7 Å². The molecule has 0 aliphatic heterocycles. The molecule has 2 atom stereocenters. The van der Waals surface area contributed by atoms with Gasteiger partial charge in [0, 0.05) is 13.1 Å². The van der Waals surface area contributed by atoms with Crippen molar-refractivity contribution in [1.82, 2.24) is 0 Å². The van der Waals surface area contributed by atoms with Gasteiger partial charge in [-0.25, -0.2) is 0 Å². The van der Waals surface area contributed by atoms with Crippen LogP contribution in [0.2, 0.25) is 0 Å². The maximum Gasteiger partial charge on any atom is 0.327 e. The molecule has 0 spiro atoms. The molecule has 0 radical (unpaired) electrons. The summed E-state index contributed by atoms with van der Waals surface area (Å²) in [6.07, 6.45) is -1.07. The first kappa shape index (κ1) is 10.1. The molecule has 0 bridgehead atoms. The van der Waals surface area contributed by atoms with Gasteiger partial charge in [0.2, 0.25) is 0 Å². The first-order valence-corrected chi connectivity index (χ1v) is 4.85. The fourth-order valence-electron chi connectivity index (χ4n) is 0.421. The summed E-state index contributed by atoms with van der Waals surface area (Å²) in [4.78, 5) is 8.55. The molecular formula is C4H12NO4P. The minimum Gasteiger partial charge on any atom is -0.367 e. The van der Waals surface area contributed by atoms with E-state index in [2.05, 4.69) is 4.52 Å². The van der Waals surface area contributed by atoms with Crippen molar-refractivity contribution in [2.75, 3.05) is 13.2 Å². The van der Waals surface area contributed by atoms with E-state index in [1.807, 2.05) is 0 Å². The number of aliphatic hydroxyl groups is 1. The summed E-state index contributed by atoms with van der Waals surface area (Å²) >= 11 is 0.